The van der Waals surface area contributed by atoms with Crippen LogP contribution in [0.4, 0.5) is 0 Å². The van der Waals surface area contributed by atoms with Gasteiger partial charge in [0.1, 0.15) is 6.04 Å². The molecule has 0 N–H and O–H groups in total. The highest BCUT2D eigenvalue weighted by Crippen LogP contribution is 2.25. The minimum Gasteiger partial charge on any atom is -0.336 e. The van der Waals surface area contributed by atoms with E-state index in [1.165, 1.54) is 0 Å². The zero-order valence-corrected chi connectivity index (χ0v) is 13.9. The van der Waals surface area contributed by atoms with Crippen molar-refractivity contribution in [2.45, 2.75) is 13.0 Å². The molecule has 0 bridgehead atoms. The topological polar surface area (TPSA) is 47.3 Å². The first kappa shape index (κ1) is 15.7. The summed E-state index contributed by atoms with van der Waals surface area (Å²) in [4.78, 5) is 17.8. The first-order valence-electron chi connectivity index (χ1n) is 7.72. The lowest BCUT2D eigenvalue weighted by Crippen LogP contribution is -2.49. The third kappa shape index (κ3) is 3.29. The maximum Gasteiger partial charge on any atom is 0.254 e. The van der Waals surface area contributed by atoms with Gasteiger partial charge in [-0.2, -0.15) is 5.26 Å². The van der Waals surface area contributed by atoms with Crippen LogP contribution in [0.5, 0.6) is 0 Å². The second kappa shape index (κ2) is 6.95. The maximum atomic E-state index is 12.6. The monoisotopic (exact) mass is 325 g/mol. The van der Waals surface area contributed by atoms with Crippen LogP contribution in [-0.2, 0) is 0 Å². The van der Waals surface area contributed by atoms with Crippen molar-refractivity contribution >= 4 is 17.2 Å². The summed E-state index contributed by atoms with van der Waals surface area (Å²) >= 11 is 1.61. The van der Waals surface area contributed by atoms with Gasteiger partial charge in [-0.1, -0.05) is 24.3 Å². The molecule has 0 spiro atoms. The summed E-state index contributed by atoms with van der Waals surface area (Å²) < 4.78 is 0. The van der Waals surface area contributed by atoms with E-state index < -0.39 is 0 Å². The molecule has 1 atom stereocenters. The molecule has 0 saturated carbocycles. The molecule has 1 aromatic carbocycles. The normalized spacial score (nSPS) is 16.8. The second-order valence-electron chi connectivity index (χ2n) is 5.69. The molecule has 23 heavy (non-hydrogen) atoms. The van der Waals surface area contributed by atoms with Gasteiger partial charge in [0.25, 0.3) is 5.91 Å². The molecule has 1 aliphatic rings. The maximum absolute atomic E-state index is 12.6. The molecule has 0 radical (unpaired) electrons. The van der Waals surface area contributed by atoms with Gasteiger partial charge in [-0.15, -0.1) is 11.3 Å². The van der Waals surface area contributed by atoms with Crippen molar-refractivity contribution in [3.05, 3.63) is 57.8 Å². The highest BCUT2D eigenvalue weighted by Gasteiger charge is 2.28. The van der Waals surface area contributed by atoms with Crippen LogP contribution in [0.2, 0.25) is 0 Å². The highest BCUT2D eigenvalue weighted by molar-refractivity contribution is 7.10. The van der Waals surface area contributed by atoms with Gasteiger partial charge in [-0.05, 0) is 30.0 Å². The van der Waals surface area contributed by atoms with Crippen molar-refractivity contribution < 1.29 is 4.79 Å². The number of nitriles is 1. The van der Waals surface area contributed by atoms with E-state index >= 15 is 0 Å². The number of hydrogen-bond acceptors (Lipinski definition) is 4. The third-order valence-electron chi connectivity index (χ3n) is 4.28. The second-order valence-corrected chi connectivity index (χ2v) is 6.67. The Balaban J connectivity index is 1.66. The molecule has 0 aliphatic carbocycles. The average Bonchev–Trinajstić information content (AvgIpc) is 3.10. The summed E-state index contributed by atoms with van der Waals surface area (Å²) in [5, 5.41) is 11.5. The van der Waals surface area contributed by atoms with Crippen LogP contribution in [0.15, 0.2) is 41.8 Å². The molecular weight excluding hydrogens is 306 g/mol. The number of benzene rings is 1. The van der Waals surface area contributed by atoms with Crippen molar-refractivity contribution in [2.75, 3.05) is 26.2 Å². The summed E-state index contributed by atoms with van der Waals surface area (Å²) in [6, 6.07) is 13.9. The summed E-state index contributed by atoms with van der Waals surface area (Å²) in [5.41, 5.74) is 1.78. The Morgan fingerprint density at radius 3 is 2.52 bits per heavy atom. The number of thiophene rings is 1. The van der Waals surface area contributed by atoms with Crippen LogP contribution >= 0.6 is 11.3 Å². The van der Waals surface area contributed by atoms with Crippen molar-refractivity contribution in [1.82, 2.24) is 9.80 Å². The van der Waals surface area contributed by atoms with Gasteiger partial charge < -0.3 is 4.90 Å². The predicted molar refractivity (Wildman–Crippen MR) is 91.3 cm³/mol. The molecule has 4 nitrogen and oxygen atoms in total. The Morgan fingerprint density at radius 1 is 1.17 bits per heavy atom. The highest BCUT2D eigenvalue weighted by atomic mass is 32.1. The van der Waals surface area contributed by atoms with Crippen LogP contribution in [0.25, 0.3) is 0 Å². The van der Waals surface area contributed by atoms with Gasteiger partial charge in [0.05, 0.1) is 6.07 Å². The number of carbonyl (C=O) groups excluding carboxylic acids is 1. The number of hydrogen-bond donors (Lipinski definition) is 0. The van der Waals surface area contributed by atoms with E-state index in [1.807, 2.05) is 53.6 Å². The molecule has 2 heterocycles. The lowest BCUT2D eigenvalue weighted by molar-refractivity contribution is 0.0607. The number of amides is 1. The van der Waals surface area contributed by atoms with E-state index in [0.717, 1.165) is 29.1 Å². The third-order valence-corrected chi connectivity index (χ3v) is 5.20. The number of aryl methyl sites for hydroxylation is 1. The quantitative estimate of drug-likeness (QED) is 0.871. The predicted octanol–water partition coefficient (Wildman–Crippen LogP) is 3.08. The van der Waals surface area contributed by atoms with E-state index in [9.17, 15) is 10.1 Å². The summed E-state index contributed by atoms with van der Waals surface area (Å²) in [5.74, 6) is 0.0902. The Labute approximate surface area is 140 Å². The largest absolute Gasteiger partial charge is 0.336 e. The van der Waals surface area contributed by atoms with Crippen LogP contribution in [-0.4, -0.2) is 41.9 Å². The molecule has 1 unspecified atom stereocenters. The zero-order valence-electron chi connectivity index (χ0n) is 13.1. The van der Waals surface area contributed by atoms with E-state index in [-0.39, 0.29) is 11.9 Å². The van der Waals surface area contributed by atoms with Crippen molar-refractivity contribution in [1.29, 1.82) is 5.26 Å². The molecule has 5 heteroatoms. The van der Waals surface area contributed by atoms with E-state index in [4.69, 9.17) is 0 Å². The molecule has 1 amide bonds. The summed E-state index contributed by atoms with van der Waals surface area (Å²) in [7, 11) is 0. The van der Waals surface area contributed by atoms with E-state index in [2.05, 4.69) is 11.0 Å². The number of rotatable bonds is 3. The first-order chi connectivity index (χ1) is 11.2. The van der Waals surface area contributed by atoms with Gasteiger partial charge in [-0.25, -0.2) is 0 Å². The molecule has 2 aromatic rings. The van der Waals surface area contributed by atoms with Crippen molar-refractivity contribution in [2.24, 2.45) is 0 Å². The van der Waals surface area contributed by atoms with Crippen molar-refractivity contribution in [3.63, 3.8) is 0 Å². The lowest BCUT2D eigenvalue weighted by Gasteiger charge is -2.36. The van der Waals surface area contributed by atoms with Crippen LogP contribution in [0.3, 0.4) is 0 Å². The van der Waals surface area contributed by atoms with Crippen molar-refractivity contribution in [3.8, 4) is 6.07 Å². The Morgan fingerprint density at radius 2 is 1.91 bits per heavy atom. The van der Waals surface area contributed by atoms with Gasteiger partial charge in [0.2, 0.25) is 0 Å². The first-order valence-corrected chi connectivity index (χ1v) is 8.60. The van der Waals surface area contributed by atoms with Gasteiger partial charge >= 0.3 is 0 Å². The Kier molecular flexibility index (Phi) is 4.75. The van der Waals surface area contributed by atoms with E-state index in [1.54, 1.807) is 11.3 Å². The van der Waals surface area contributed by atoms with Gasteiger partial charge in [-0.3, -0.25) is 9.69 Å². The fourth-order valence-electron chi connectivity index (χ4n) is 2.94. The van der Waals surface area contributed by atoms with E-state index in [0.29, 0.717) is 13.1 Å². The van der Waals surface area contributed by atoms with Crippen LogP contribution in [0.1, 0.15) is 26.8 Å². The van der Waals surface area contributed by atoms with Gasteiger partial charge in [0, 0.05) is 36.6 Å². The Hall–Kier alpha value is -2.16. The molecular formula is C18H19N3OS. The fraction of sp³-hybridized carbons (Fsp3) is 0.333. The molecule has 118 valence electrons. The fourth-order valence-corrected chi connectivity index (χ4v) is 3.74. The van der Waals surface area contributed by atoms with Crippen LogP contribution < -0.4 is 0 Å². The molecule has 1 aromatic heterocycles. The minimum atomic E-state index is -0.203. The van der Waals surface area contributed by atoms with Gasteiger partial charge in [0.15, 0.2) is 0 Å². The summed E-state index contributed by atoms with van der Waals surface area (Å²) in [6.07, 6.45) is 0. The molecule has 3 rings (SSSR count). The number of piperazine rings is 1. The zero-order chi connectivity index (χ0) is 16.2. The minimum absolute atomic E-state index is 0.0902. The number of nitrogens with zero attached hydrogens (tertiary/aromatic N) is 3. The number of carbonyl (C=O) groups is 1. The summed E-state index contributed by atoms with van der Waals surface area (Å²) in [6.45, 7) is 4.75. The molecule has 1 aliphatic heterocycles. The SMILES string of the molecule is Cc1ccccc1C(=O)N1CCN(C(C#N)c2cccs2)CC1. The standard InChI is InChI=1S/C18H19N3OS/c1-14-5-2-3-6-15(14)18(22)21-10-8-20(9-11-21)16(13-19)17-7-4-12-23-17/h2-7,12,16H,8-11H2,1H3. The smallest absolute Gasteiger partial charge is 0.254 e. The van der Waals surface area contributed by atoms with Crippen LogP contribution in [0, 0.1) is 18.3 Å². The molecule has 1 saturated heterocycles. The average molecular weight is 325 g/mol. The molecule has 1 fully saturated rings. The Bertz CT molecular complexity index is 712. The lowest BCUT2D eigenvalue weighted by atomic mass is 10.1.